The molecule has 1 fully saturated rings. The minimum absolute atomic E-state index is 0.219. The van der Waals surface area contributed by atoms with Crippen LogP contribution in [-0.4, -0.2) is 28.6 Å². The van der Waals surface area contributed by atoms with Gasteiger partial charge in [-0.3, -0.25) is 4.72 Å². The normalized spacial score (nSPS) is 14.7. The molecular weight excluding hydrogens is 439 g/mol. The zero-order chi connectivity index (χ0) is 17.2. The average Bonchev–Trinajstić information content (AvgIpc) is 3.09. The Kier molecular flexibility index (Phi) is 5.19. The van der Waals surface area contributed by atoms with Gasteiger partial charge in [-0.1, -0.05) is 0 Å². The summed E-state index contributed by atoms with van der Waals surface area (Å²) in [6.07, 6.45) is 2.43. The van der Waals surface area contributed by atoms with Crippen molar-refractivity contribution >= 4 is 44.0 Å². The highest BCUT2D eigenvalue weighted by atomic mass is 127. The van der Waals surface area contributed by atoms with E-state index in [-0.39, 0.29) is 4.90 Å². The van der Waals surface area contributed by atoms with Gasteiger partial charge in [0.1, 0.15) is 5.75 Å². The number of ether oxygens (including phenoxy) is 1. The number of halogens is 1. The molecule has 0 amide bonds. The minimum atomic E-state index is -3.62. The van der Waals surface area contributed by atoms with Gasteiger partial charge in [-0.25, -0.2) is 8.42 Å². The van der Waals surface area contributed by atoms with Crippen LogP contribution in [-0.2, 0) is 10.0 Å². The van der Waals surface area contributed by atoms with Gasteiger partial charge in [0.25, 0.3) is 10.0 Å². The number of rotatable bonds is 5. The van der Waals surface area contributed by atoms with Crippen molar-refractivity contribution in [2.75, 3.05) is 29.8 Å². The number of nitrogens with zero attached hydrogens (tertiary/aromatic N) is 1. The summed E-state index contributed by atoms with van der Waals surface area (Å²) in [4.78, 5) is 2.53. The van der Waals surface area contributed by atoms with E-state index >= 15 is 0 Å². The van der Waals surface area contributed by atoms with E-state index in [4.69, 9.17) is 4.74 Å². The van der Waals surface area contributed by atoms with Crippen LogP contribution in [0.4, 0.5) is 11.4 Å². The lowest BCUT2D eigenvalue weighted by Gasteiger charge is -2.18. The number of methoxy groups -OCH3 is 1. The highest BCUT2D eigenvalue weighted by molar-refractivity contribution is 14.1. The first-order valence-electron chi connectivity index (χ1n) is 7.71. The Morgan fingerprint density at radius 3 is 2.33 bits per heavy atom. The molecule has 5 nitrogen and oxygen atoms in total. The highest BCUT2D eigenvalue weighted by Gasteiger charge is 2.17. The zero-order valence-corrected chi connectivity index (χ0v) is 16.3. The van der Waals surface area contributed by atoms with Gasteiger partial charge >= 0.3 is 0 Å². The maximum atomic E-state index is 12.5. The molecular formula is C17H19IN2O3S. The smallest absolute Gasteiger partial charge is 0.261 e. The van der Waals surface area contributed by atoms with Crippen molar-refractivity contribution in [1.29, 1.82) is 0 Å². The summed E-state index contributed by atoms with van der Waals surface area (Å²) >= 11 is 2.06. The Hall–Kier alpha value is -1.48. The van der Waals surface area contributed by atoms with E-state index < -0.39 is 10.0 Å². The summed E-state index contributed by atoms with van der Waals surface area (Å²) < 4.78 is 33.6. The Morgan fingerprint density at radius 1 is 1.08 bits per heavy atom. The molecule has 0 bridgehead atoms. The lowest BCUT2D eigenvalue weighted by molar-refractivity contribution is 0.411. The molecule has 0 aliphatic carbocycles. The van der Waals surface area contributed by atoms with Crippen molar-refractivity contribution in [3.8, 4) is 5.75 Å². The van der Waals surface area contributed by atoms with E-state index in [1.54, 1.807) is 37.4 Å². The Morgan fingerprint density at radius 2 is 1.75 bits per heavy atom. The maximum absolute atomic E-state index is 12.5. The summed E-state index contributed by atoms with van der Waals surface area (Å²) in [5.41, 5.74) is 1.69. The number of hydrogen-bond donors (Lipinski definition) is 1. The van der Waals surface area contributed by atoms with Crippen molar-refractivity contribution in [3.05, 3.63) is 46.0 Å². The van der Waals surface area contributed by atoms with Crippen LogP contribution in [0.5, 0.6) is 5.75 Å². The van der Waals surface area contributed by atoms with Gasteiger partial charge in [0, 0.05) is 24.5 Å². The van der Waals surface area contributed by atoms with Gasteiger partial charge in [-0.05, 0) is 77.9 Å². The number of anilines is 2. The van der Waals surface area contributed by atoms with Crippen molar-refractivity contribution in [3.63, 3.8) is 0 Å². The lowest BCUT2D eigenvalue weighted by Crippen LogP contribution is -2.17. The van der Waals surface area contributed by atoms with Gasteiger partial charge < -0.3 is 9.64 Å². The first kappa shape index (κ1) is 17.3. The van der Waals surface area contributed by atoms with Gasteiger partial charge in [0.05, 0.1) is 15.6 Å². The van der Waals surface area contributed by atoms with Crippen molar-refractivity contribution in [2.45, 2.75) is 17.7 Å². The molecule has 0 radical (unpaired) electrons. The van der Waals surface area contributed by atoms with Crippen molar-refractivity contribution < 1.29 is 13.2 Å². The molecule has 0 unspecified atom stereocenters. The van der Waals surface area contributed by atoms with Crippen LogP contribution in [0, 0.1) is 3.57 Å². The number of sulfonamides is 1. The molecule has 0 saturated carbocycles. The Bertz CT molecular complexity index is 816. The monoisotopic (exact) mass is 458 g/mol. The van der Waals surface area contributed by atoms with Crippen LogP contribution in [0.3, 0.4) is 0 Å². The molecule has 2 aromatic carbocycles. The fourth-order valence-corrected chi connectivity index (χ4v) is 4.78. The second-order valence-corrected chi connectivity index (χ2v) is 8.49. The van der Waals surface area contributed by atoms with Crippen LogP contribution in [0.1, 0.15) is 12.8 Å². The van der Waals surface area contributed by atoms with Crippen molar-refractivity contribution in [2.24, 2.45) is 0 Å². The molecule has 7 heteroatoms. The molecule has 1 N–H and O–H groups in total. The van der Waals surface area contributed by atoms with Crippen molar-refractivity contribution in [1.82, 2.24) is 0 Å². The van der Waals surface area contributed by atoms with Crippen LogP contribution in [0.2, 0.25) is 0 Å². The SMILES string of the molecule is COc1ccc(S(=O)(=O)Nc2ccc(N3CCCC3)cc2)cc1I. The molecule has 24 heavy (non-hydrogen) atoms. The lowest BCUT2D eigenvalue weighted by atomic mass is 10.2. The van der Waals surface area contributed by atoms with E-state index in [1.807, 2.05) is 12.1 Å². The second kappa shape index (κ2) is 7.18. The highest BCUT2D eigenvalue weighted by Crippen LogP contribution is 2.26. The molecule has 1 aliphatic rings. The summed E-state index contributed by atoms with van der Waals surface area (Å²) in [7, 11) is -2.06. The molecule has 0 atom stereocenters. The van der Waals surface area contributed by atoms with Crippen LogP contribution in [0.25, 0.3) is 0 Å². The Balaban J connectivity index is 1.77. The Labute approximate surface area is 156 Å². The molecule has 1 aliphatic heterocycles. The predicted octanol–water partition coefficient (Wildman–Crippen LogP) is 3.70. The fourth-order valence-electron chi connectivity index (χ4n) is 2.74. The van der Waals surface area contributed by atoms with Crippen LogP contribution in [0.15, 0.2) is 47.4 Å². The zero-order valence-electron chi connectivity index (χ0n) is 13.3. The van der Waals surface area contributed by atoms with Gasteiger partial charge in [-0.2, -0.15) is 0 Å². The molecule has 2 aromatic rings. The van der Waals surface area contributed by atoms with Crippen LogP contribution >= 0.6 is 22.6 Å². The number of benzene rings is 2. The van der Waals surface area contributed by atoms with E-state index in [1.165, 1.54) is 12.8 Å². The van der Waals surface area contributed by atoms with Crippen LogP contribution < -0.4 is 14.4 Å². The third kappa shape index (κ3) is 3.77. The van der Waals surface area contributed by atoms with Gasteiger partial charge in [0.15, 0.2) is 0 Å². The summed E-state index contributed by atoms with van der Waals surface area (Å²) in [6.45, 7) is 2.13. The molecule has 0 spiro atoms. The standard InChI is InChI=1S/C17H19IN2O3S/c1-23-17-9-8-15(12-16(17)18)24(21,22)19-13-4-6-14(7-5-13)20-10-2-3-11-20/h4-9,12,19H,2-3,10-11H2,1H3. The third-order valence-electron chi connectivity index (χ3n) is 4.02. The largest absolute Gasteiger partial charge is 0.496 e. The summed E-state index contributed by atoms with van der Waals surface area (Å²) in [6, 6.07) is 12.3. The van der Waals surface area contributed by atoms with Gasteiger partial charge in [-0.15, -0.1) is 0 Å². The summed E-state index contributed by atoms with van der Waals surface area (Å²) in [5, 5.41) is 0. The predicted molar refractivity (Wildman–Crippen MR) is 104 cm³/mol. The molecule has 3 rings (SSSR count). The topological polar surface area (TPSA) is 58.6 Å². The van der Waals surface area contributed by atoms with E-state index in [9.17, 15) is 8.42 Å². The van der Waals surface area contributed by atoms with E-state index in [2.05, 4.69) is 32.2 Å². The molecule has 0 aromatic heterocycles. The first-order chi connectivity index (χ1) is 11.5. The number of hydrogen-bond acceptors (Lipinski definition) is 4. The quantitative estimate of drug-likeness (QED) is 0.695. The number of nitrogens with one attached hydrogen (secondary N) is 1. The second-order valence-electron chi connectivity index (χ2n) is 5.64. The first-order valence-corrected chi connectivity index (χ1v) is 10.3. The molecule has 128 valence electrons. The average molecular weight is 458 g/mol. The molecule has 1 saturated heterocycles. The summed E-state index contributed by atoms with van der Waals surface area (Å²) in [5.74, 6) is 0.657. The van der Waals surface area contributed by atoms with Gasteiger partial charge in [0.2, 0.25) is 0 Å². The maximum Gasteiger partial charge on any atom is 0.261 e. The van der Waals surface area contributed by atoms with E-state index in [0.29, 0.717) is 11.4 Å². The molecule has 1 heterocycles. The fraction of sp³-hybridized carbons (Fsp3) is 0.294. The van der Waals surface area contributed by atoms with E-state index in [0.717, 1.165) is 22.3 Å². The third-order valence-corrected chi connectivity index (χ3v) is 6.25. The minimum Gasteiger partial charge on any atom is -0.496 e.